The van der Waals surface area contributed by atoms with Gasteiger partial charge in [0.15, 0.2) is 0 Å². The second-order valence-electron chi connectivity index (χ2n) is 5.33. The third-order valence-electron chi connectivity index (χ3n) is 3.74. The maximum Gasteiger partial charge on any atom is 0.329 e. The zero-order chi connectivity index (χ0) is 16.4. The summed E-state index contributed by atoms with van der Waals surface area (Å²) in [7, 11) is 0. The molecule has 3 amide bonds. The van der Waals surface area contributed by atoms with Crippen LogP contribution in [-0.2, 0) is 11.3 Å². The van der Waals surface area contributed by atoms with E-state index in [0.717, 1.165) is 16.0 Å². The number of imide groups is 1. The van der Waals surface area contributed by atoms with E-state index in [1.165, 1.54) is 6.07 Å². The Hall–Kier alpha value is -2.95. The molecule has 0 saturated carbocycles. The second kappa shape index (κ2) is 6.04. The summed E-state index contributed by atoms with van der Waals surface area (Å²) < 4.78 is 13.7. The van der Waals surface area contributed by atoms with Crippen LogP contribution in [0.2, 0.25) is 0 Å². The Morgan fingerprint density at radius 1 is 1.09 bits per heavy atom. The molecule has 0 bridgehead atoms. The quantitative estimate of drug-likeness (QED) is 0.699. The topological polar surface area (TPSA) is 49.4 Å². The van der Waals surface area contributed by atoms with E-state index in [2.05, 4.69) is 5.32 Å². The molecule has 0 spiro atoms. The molecule has 0 atom stereocenters. The lowest BCUT2D eigenvalue weighted by molar-refractivity contribution is -0.123. The van der Waals surface area contributed by atoms with Crippen LogP contribution in [0.25, 0.3) is 6.08 Å². The summed E-state index contributed by atoms with van der Waals surface area (Å²) in [6, 6.07) is 13.1. The number of nitrogens with one attached hydrogen (secondary N) is 1. The molecular formula is C18H15FN2O2. The van der Waals surface area contributed by atoms with E-state index in [1.807, 2.05) is 31.2 Å². The van der Waals surface area contributed by atoms with Gasteiger partial charge in [-0.1, -0.05) is 42.5 Å². The molecule has 1 fully saturated rings. The van der Waals surface area contributed by atoms with Crippen molar-refractivity contribution in [1.29, 1.82) is 0 Å². The van der Waals surface area contributed by atoms with Crippen LogP contribution in [0.15, 0.2) is 54.2 Å². The maximum absolute atomic E-state index is 13.7. The van der Waals surface area contributed by atoms with Gasteiger partial charge in [-0.3, -0.25) is 9.69 Å². The third-order valence-corrected chi connectivity index (χ3v) is 3.74. The zero-order valence-electron chi connectivity index (χ0n) is 12.5. The number of carbonyl (C=O) groups is 2. The maximum atomic E-state index is 13.7. The van der Waals surface area contributed by atoms with Gasteiger partial charge in [-0.2, -0.15) is 0 Å². The summed E-state index contributed by atoms with van der Waals surface area (Å²) >= 11 is 0. The van der Waals surface area contributed by atoms with Crippen LogP contribution >= 0.6 is 0 Å². The van der Waals surface area contributed by atoms with Gasteiger partial charge >= 0.3 is 6.03 Å². The number of urea groups is 1. The molecule has 1 heterocycles. The molecule has 1 N–H and O–H groups in total. The first-order chi connectivity index (χ1) is 11.1. The van der Waals surface area contributed by atoms with E-state index in [-0.39, 0.29) is 12.2 Å². The SMILES string of the molecule is Cc1ccccc1C=C1NC(=O)N(Cc2ccccc2F)C1=O. The van der Waals surface area contributed by atoms with Gasteiger partial charge in [-0.15, -0.1) is 0 Å². The van der Waals surface area contributed by atoms with E-state index < -0.39 is 17.8 Å². The molecular weight excluding hydrogens is 295 g/mol. The van der Waals surface area contributed by atoms with Gasteiger partial charge in [0.25, 0.3) is 5.91 Å². The lowest BCUT2D eigenvalue weighted by atomic mass is 10.1. The Bertz CT molecular complexity index is 814. The number of rotatable bonds is 3. The molecule has 2 aromatic rings. The van der Waals surface area contributed by atoms with Crippen LogP contribution in [0.5, 0.6) is 0 Å². The predicted octanol–water partition coefficient (Wildman–Crippen LogP) is 3.23. The number of benzene rings is 2. The Kier molecular flexibility index (Phi) is 3.93. The number of nitrogens with zero attached hydrogens (tertiary/aromatic N) is 1. The Balaban J connectivity index is 1.86. The standard InChI is InChI=1S/C18H15FN2O2/c1-12-6-2-3-7-13(12)10-16-17(22)21(18(23)20-16)11-14-8-4-5-9-15(14)19/h2-10H,11H2,1H3,(H,20,23). The molecule has 116 valence electrons. The summed E-state index contributed by atoms with van der Waals surface area (Å²) in [5, 5.41) is 2.55. The highest BCUT2D eigenvalue weighted by Gasteiger charge is 2.33. The summed E-state index contributed by atoms with van der Waals surface area (Å²) in [5.74, 6) is -0.897. The van der Waals surface area contributed by atoms with Crippen molar-refractivity contribution in [3.05, 3.63) is 76.7 Å². The van der Waals surface area contributed by atoms with Crippen molar-refractivity contribution in [2.45, 2.75) is 13.5 Å². The van der Waals surface area contributed by atoms with Crippen molar-refractivity contribution in [2.24, 2.45) is 0 Å². The van der Waals surface area contributed by atoms with Crippen LogP contribution in [-0.4, -0.2) is 16.8 Å². The number of aryl methyl sites for hydroxylation is 1. The highest BCUT2D eigenvalue weighted by Crippen LogP contribution is 2.19. The fourth-order valence-electron chi connectivity index (χ4n) is 2.42. The molecule has 0 unspecified atom stereocenters. The van der Waals surface area contributed by atoms with Crippen molar-refractivity contribution < 1.29 is 14.0 Å². The fraction of sp³-hybridized carbons (Fsp3) is 0.111. The molecule has 1 aliphatic rings. The Morgan fingerprint density at radius 3 is 2.52 bits per heavy atom. The third kappa shape index (κ3) is 2.99. The van der Waals surface area contributed by atoms with Gasteiger partial charge < -0.3 is 5.32 Å². The highest BCUT2D eigenvalue weighted by molar-refractivity contribution is 6.13. The van der Waals surface area contributed by atoms with E-state index in [1.54, 1.807) is 24.3 Å². The van der Waals surface area contributed by atoms with Crippen molar-refractivity contribution in [1.82, 2.24) is 10.2 Å². The first kappa shape index (κ1) is 15.0. The minimum atomic E-state index is -0.543. The van der Waals surface area contributed by atoms with Gasteiger partial charge in [-0.25, -0.2) is 9.18 Å². The minimum absolute atomic E-state index is 0.0948. The highest BCUT2D eigenvalue weighted by atomic mass is 19.1. The lowest BCUT2D eigenvalue weighted by Crippen LogP contribution is -2.30. The number of hydrogen-bond donors (Lipinski definition) is 1. The monoisotopic (exact) mass is 310 g/mol. The average Bonchev–Trinajstić information content (AvgIpc) is 2.79. The van der Waals surface area contributed by atoms with Crippen molar-refractivity contribution in [3.8, 4) is 0 Å². The lowest BCUT2D eigenvalue weighted by Gasteiger charge is -2.12. The molecule has 0 aliphatic carbocycles. The van der Waals surface area contributed by atoms with Gasteiger partial charge in [0.1, 0.15) is 11.5 Å². The zero-order valence-corrected chi connectivity index (χ0v) is 12.5. The predicted molar refractivity (Wildman–Crippen MR) is 84.6 cm³/mol. The smallest absolute Gasteiger partial charge is 0.303 e. The molecule has 1 saturated heterocycles. The van der Waals surface area contributed by atoms with Crippen molar-refractivity contribution in [2.75, 3.05) is 0 Å². The molecule has 4 nitrogen and oxygen atoms in total. The van der Waals surface area contributed by atoms with Crippen molar-refractivity contribution >= 4 is 18.0 Å². The molecule has 23 heavy (non-hydrogen) atoms. The van der Waals surface area contributed by atoms with E-state index in [9.17, 15) is 14.0 Å². The Labute approximate surface area is 133 Å². The molecule has 0 aromatic heterocycles. The van der Waals surface area contributed by atoms with Crippen molar-refractivity contribution in [3.63, 3.8) is 0 Å². The minimum Gasteiger partial charge on any atom is -0.303 e. The summed E-state index contributed by atoms with van der Waals surface area (Å²) in [5.41, 5.74) is 2.34. The first-order valence-corrected chi connectivity index (χ1v) is 7.20. The van der Waals surface area contributed by atoms with Crippen LogP contribution in [0.4, 0.5) is 9.18 Å². The summed E-state index contributed by atoms with van der Waals surface area (Å²) in [4.78, 5) is 25.4. The molecule has 3 rings (SSSR count). The van der Waals surface area contributed by atoms with Gasteiger partial charge in [0.2, 0.25) is 0 Å². The number of hydrogen-bond acceptors (Lipinski definition) is 2. The van der Waals surface area contributed by atoms with E-state index >= 15 is 0 Å². The van der Waals surface area contributed by atoms with Crippen LogP contribution in [0.1, 0.15) is 16.7 Å². The average molecular weight is 310 g/mol. The molecule has 1 aliphatic heterocycles. The first-order valence-electron chi connectivity index (χ1n) is 7.20. The van der Waals surface area contributed by atoms with Gasteiger partial charge in [-0.05, 0) is 30.2 Å². The normalized spacial score (nSPS) is 16.1. The van der Waals surface area contributed by atoms with E-state index in [0.29, 0.717) is 5.56 Å². The van der Waals surface area contributed by atoms with Gasteiger partial charge in [0.05, 0.1) is 6.54 Å². The Morgan fingerprint density at radius 2 is 1.78 bits per heavy atom. The van der Waals surface area contributed by atoms with Crippen LogP contribution < -0.4 is 5.32 Å². The summed E-state index contributed by atoms with van der Waals surface area (Å²) in [6.07, 6.45) is 1.64. The summed E-state index contributed by atoms with van der Waals surface area (Å²) in [6.45, 7) is 1.83. The fourth-order valence-corrected chi connectivity index (χ4v) is 2.42. The largest absolute Gasteiger partial charge is 0.329 e. The molecule has 5 heteroatoms. The number of carbonyl (C=O) groups excluding carboxylic acids is 2. The number of halogens is 1. The molecule has 0 radical (unpaired) electrons. The number of amides is 3. The van der Waals surface area contributed by atoms with Crippen LogP contribution in [0, 0.1) is 12.7 Å². The molecule has 2 aromatic carbocycles. The second-order valence-corrected chi connectivity index (χ2v) is 5.33. The van der Waals surface area contributed by atoms with Crippen LogP contribution in [0.3, 0.4) is 0 Å². The van der Waals surface area contributed by atoms with Gasteiger partial charge in [0, 0.05) is 5.56 Å². The van der Waals surface area contributed by atoms with E-state index in [4.69, 9.17) is 0 Å².